The number of carbonyl (C=O) groups is 3. The number of esters is 2. The van der Waals surface area contributed by atoms with Crippen LogP contribution in [0, 0.1) is 5.92 Å². The van der Waals surface area contributed by atoms with Crippen molar-refractivity contribution in [1.82, 2.24) is 0 Å². The normalized spacial score (nSPS) is 11.7. The van der Waals surface area contributed by atoms with Crippen molar-refractivity contribution in [2.45, 2.75) is 25.7 Å². The van der Waals surface area contributed by atoms with Crippen molar-refractivity contribution in [3.63, 3.8) is 0 Å². The Bertz CT molecular complexity index is 315. The van der Waals surface area contributed by atoms with Crippen molar-refractivity contribution in [3.8, 4) is 0 Å². The van der Waals surface area contributed by atoms with Gasteiger partial charge >= 0.3 is 17.9 Å². The van der Waals surface area contributed by atoms with E-state index in [4.69, 9.17) is 24.8 Å². The third kappa shape index (κ3) is 9.29. The monoisotopic (exact) mass is 292 g/mol. The van der Waals surface area contributed by atoms with Gasteiger partial charge in [0.15, 0.2) is 0 Å². The third-order valence-electron chi connectivity index (χ3n) is 2.28. The first-order valence-corrected chi connectivity index (χ1v) is 6.27. The molecule has 0 fully saturated rings. The molecule has 0 aromatic carbocycles. The molecule has 0 aromatic heterocycles. The number of hydrogen-bond acceptors (Lipinski definition) is 7. The molecule has 1 unspecified atom stereocenters. The number of carboxylic acid groups (broad SMARTS) is 1. The van der Waals surface area contributed by atoms with Gasteiger partial charge < -0.3 is 24.8 Å². The molecular formula is C12H20O8. The maximum atomic E-state index is 11.6. The molecule has 0 saturated heterocycles. The molecule has 3 N–H and O–H groups in total. The van der Waals surface area contributed by atoms with Gasteiger partial charge in [-0.3, -0.25) is 14.4 Å². The van der Waals surface area contributed by atoms with Gasteiger partial charge in [0.05, 0.1) is 32.0 Å². The summed E-state index contributed by atoms with van der Waals surface area (Å²) >= 11 is 0. The number of carbonyl (C=O) groups excluding carboxylic acids is 2. The topological polar surface area (TPSA) is 130 Å². The van der Waals surface area contributed by atoms with Crippen molar-refractivity contribution < 1.29 is 39.2 Å². The number of rotatable bonds is 11. The number of aliphatic carboxylic acids is 1. The second-order valence-electron chi connectivity index (χ2n) is 4.04. The fraction of sp³-hybridized carbons (Fsp3) is 0.750. The Morgan fingerprint density at radius 2 is 1.45 bits per heavy atom. The average Bonchev–Trinajstić information content (AvgIpc) is 2.38. The van der Waals surface area contributed by atoms with E-state index in [9.17, 15) is 14.4 Å². The van der Waals surface area contributed by atoms with Gasteiger partial charge in [-0.25, -0.2) is 0 Å². The van der Waals surface area contributed by atoms with Crippen LogP contribution in [0.2, 0.25) is 0 Å². The van der Waals surface area contributed by atoms with Gasteiger partial charge in [-0.05, 0) is 0 Å². The Hall–Kier alpha value is -1.67. The zero-order valence-corrected chi connectivity index (χ0v) is 11.1. The predicted octanol–water partition coefficient (Wildman–Crippen LogP) is -0.681. The zero-order chi connectivity index (χ0) is 15.4. The second-order valence-corrected chi connectivity index (χ2v) is 4.04. The van der Waals surface area contributed by atoms with E-state index in [1.54, 1.807) is 0 Å². The van der Waals surface area contributed by atoms with Crippen LogP contribution in [0.1, 0.15) is 25.7 Å². The van der Waals surface area contributed by atoms with Crippen LogP contribution < -0.4 is 0 Å². The molecule has 0 bridgehead atoms. The van der Waals surface area contributed by atoms with Gasteiger partial charge in [0.1, 0.15) is 0 Å². The largest absolute Gasteiger partial charge is 0.481 e. The lowest BCUT2D eigenvalue weighted by Gasteiger charge is -2.13. The van der Waals surface area contributed by atoms with Gasteiger partial charge in [-0.15, -0.1) is 0 Å². The summed E-state index contributed by atoms with van der Waals surface area (Å²) in [6, 6.07) is 0. The summed E-state index contributed by atoms with van der Waals surface area (Å²) in [4.78, 5) is 33.7. The first-order valence-electron chi connectivity index (χ1n) is 6.27. The summed E-state index contributed by atoms with van der Waals surface area (Å²) in [6.07, 6.45) is -0.411. The number of ether oxygens (including phenoxy) is 2. The fourth-order valence-corrected chi connectivity index (χ4v) is 1.32. The maximum Gasteiger partial charge on any atom is 0.310 e. The summed E-state index contributed by atoms with van der Waals surface area (Å²) < 4.78 is 9.49. The Balaban J connectivity index is 4.28. The lowest BCUT2D eigenvalue weighted by Crippen LogP contribution is -2.25. The molecule has 0 aliphatic carbocycles. The van der Waals surface area contributed by atoms with Crippen LogP contribution in [0.15, 0.2) is 0 Å². The molecule has 0 amide bonds. The molecule has 0 aliphatic heterocycles. The van der Waals surface area contributed by atoms with Crippen LogP contribution >= 0.6 is 0 Å². The van der Waals surface area contributed by atoms with E-state index in [1.807, 2.05) is 0 Å². The van der Waals surface area contributed by atoms with Crippen LogP contribution in [0.25, 0.3) is 0 Å². The highest BCUT2D eigenvalue weighted by atomic mass is 16.5. The van der Waals surface area contributed by atoms with Crippen LogP contribution in [0.4, 0.5) is 0 Å². The van der Waals surface area contributed by atoms with E-state index in [-0.39, 0.29) is 39.3 Å². The molecular weight excluding hydrogens is 272 g/mol. The zero-order valence-electron chi connectivity index (χ0n) is 11.1. The number of aliphatic hydroxyl groups is 2. The lowest BCUT2D eigenvalue weighted by atomic mass is 10.0. The summed E-state index contributed by atoms with van der Waals surface area (Å²) in [6.45, 7) is -0.311. The van der Waals surface area contributed by atoms with E-state index in [2.05, 4.69) is 0 Å². The summed E-state index contributed by atoms with van der Waals surface area (Å²) in [5, 5.41) is 25.8. The molecule has 0 rings (SSSR count). The SMILES string of the molecule is O=C(O)CC(CC(=O)OCCCO)C(=O)OCCCO. The van der Waals surface area contributed by atoms with Crippen molar-refractivity contribution in [3.05, 3.63) is 0 Å². The summed E-state index contributed by atoms with van der Waals surface area (Å²) in [7, 11) is 0. The van der Waals surface area contributed by atoms with Crippen molar-refractivity contribution in [2.24, 2.45) is 5.92 Å². The molecule has 116 valence electrons. The minimum Gasteiger partial charge on any atom is -0.481 e. The Labute approximate surface area is 116 Å². The third-order valence-corrected chi connectivity index (χ3v) is 2.28. The number of aliphatic hydroxyl groups excluding tert-OH is 2. The summed E-state index contributed by atoms with van der Waals surface area (Å²) in [5.41, 5.74) is 0. The Kier molecular flexibility index (Phi) is 10.2. The molecule has 0 saturated carbocycles. The molecule has 8 heteroatoms. The minimum atomic E-state index is -1.22. The van der Waals surface area contributed by atoms with Crippen LogP contribution in [-0.4, -0.2) is 59.7 Å². The van der Waals surface area contributed by atoms with E-state index < -0.39 is 36.7 Å². The van der Waals surface area contributed by atoms with Gasteiger partial charge in [0.2, 0.25) is 0 Å². The van der Waals surface area contributed by atoms with E-state index >= 15 is 0 Å². The first-order chi connectivity index (χ1) is 9.51. The maximum absolute atomic E-state index is 11.6. The van der Waals surface area contributed by atoms with Crippen LogP contribution in [0.5, 0.6) is 0 Å². The molecule has 0 aromatic rings. The molecule has 20 heavy (non-hydrogen) atoms. The van der Waals surface area contributed by atoms with Crippen molar-refractivity contribution >= 4 is 17.9 Å². The lowest BCUT2D eigenvalue weighted by molar-refractivity contribution is -0.158. The van der Waals surface area contributed by atoms with Crippen LogP contribution in [0.3, 0.4) is 0 Å². The number of hydrogen-bond donors (Lipinski definition) is 3. The van der Waals surface area contributed by atoms with E-state index in [1.165, 1.54) is 0 Å². The van der Waals surface area contributed by atoms with Gasteiger partial charge in [0, 0.05) is 26.1 Å². The van der Waals surface area contributed by atoms with Gasteiger partial charge in [-0.2, -0.15) is 0 Å². The van der Waals surface area contributed by atoms with Crippen molar-refractivity contribution in [2.75, 3.05) is 26.4 Å². The fourth-order valence-electron chi connectivity index (χ4n) is 1.32. The molecule has 0 heterocycles. The molecule has 0 spiro atoms. The van der Waals surface area contributed by atoms with Crippen molar-refractivity contribution in [1.29, 1.82) is 0 Å². The highest BCUT2D eigenvalue weighted by Gasteiger charge is 2.26. The van der Waals surface area contributed by atoms with Gasteiger partial charge in [-0.1, -0.05) is 0 Å². The van der Waals surface area contributed by atoms with E-state index in [0.29, 0.717) is 0 Å². The molecule has 1 atom stereocenters. The first kappa shape index (κ1) is 18.3. The molecule has 0 aliphatic rings. The highest BCUT2D eigenvalue weighted by molar-refractivity contribution is 5.83. The highest BCUT2D eigenvalue weighted by Crippen LogP contribution is 2.13. The summed E-state index contributed by atoms with van der Waals surface area (Å²) in [5.74, 6) is -3.87. The molecule has 8 nitrogen and oxygen atoms in total. The Morgan fingerprint density at radius 3 is 1.95 bits per heavy atom. The quantitative estimate of drug-likeness (QED) is 0.337. The molecule has 0 radical (unpaired) electrons. The standard InChI is InChI=1S/C12H20O8/c13-3-1-5-19-11(17)8-9(7-10(15)16)12(18)20-6-2-4-14/h9,13-14H,1-8H2,(H,15,16). The number of carboxylic acids is 1. The predicted molar refractivity (Wildman–Crippen MR) is 65.7 cm³/mol. The van der Waals surface area contributed by atoms with Gasteiger partial charge in [0.25, 0.3) is 0 Å². The minimum absolute atomic E-state index is 0.00862. The average molecular weight is 292 g/mol. The van der Waals surface area contributed by atoms with E-state index in [0.717, 1.165) is 0 Å². The Morgan fingerprint density at radius 1 is 0.900 bits per heavy atom. The smallest absolute Gasteiger partial charge is 0.310 e. The second kappa shape index (κ2) is 11.2. The van der Waals surface area contributed by atoms with Crippen LogP contribution in [-0.2, 0) is 23.9 Å².